The van der Waals surface area contributed by atoms with Crippen LogP contribution in [0.2, 0.25) is 0 Å². The molecule has 1 aliphatic heterocycles. The molecule has 0 saturated carbocycles. The highest BCUT2D eigenvalue weighted by molar-refractivity contribution is 9.10. The lowest BCUT2D eigenvalue weighted by molar-refractivity contribution is 0.213. The van der Waals surface area contributed by atoms with Gasteiger partial charge in [-0.3, -0.25) is 4.90 Å². The van der Waals surface area contributed by atoms with Gasteiger partial charge < -0.3 is 5.73 Å². The lowest BCUT2D eigenvalue weighted by atomic mass is 10.0. The maximum Gasteiger partial charge on any atom is 0.128 e. The number of benzene rings is 1. The van der Waals surface area contributed by atoms with Gasteiger partial charge in [0.1, 0.15) is 5.82 Å². The third kappa shape index (κ3) is 3.47. The molecular weight excluding hydrogens is 315 g/mol. The van der Waals surface area contributed by atoms with Crippen molar-refractivity contribution in [1.29, 1.82) is 0 Å². The van der Waals surface area contributed by atoms with Crippen molar-refractivity contribution >= 4 is 27.7 Å². The zero-order chi connectivity index (χ0) is 13.0. The molecule has 100 valence electrons. The summed E-state index contributed by atoms with van der Waals surface area (Å²) < 4.78 is 14.9. The minimum atomic E-state index is -0.162. The third-order valence-electron chi connectivity index (χ3n) is 3.24. The van der Waals surface area contributed by atoms with E-state index in [4.69, 9.17) is 5.73 Å². The predicted molar refractivity (Wildman–Crippen MR) is 79.4 cm³/mol. The van der Waals surface area contributed by atoms with E-state index in [1.807, 2.05) is 17.8 Å². The van der Waals surface area contributed by atoms with Gasteiger partial charge in [-0.2, -0.15) is 11.8 Å². The third-order valence-corrected chi connectivity index (χ3v) is 4.78. The molecule has 0 aromatic heterocycles. The Balaban J connectivity index is 2.23. The Kier molecular flexibility index (Phi) is 5.48. The number of nitrogens with two attached hydrogens (primary N) is 1. The molecule has 1 atom stereocenters. The number of hydrogen-bond acceptors (Lipinski definition) is 3. The maximum atomic E-state index is 14.0. The monoisotopic (exact) mass is 332 g/mol. The summed E-state index contributed by atoms with van der Waals surface area (Å²) in [5.41, 5.74) is 6.58. The molecule has 0 bridgehead atoms. The Bertz CT molecular complexity index is 395. The highest BCUT2D eigenvalue weighted by Gasteiger charge is 2.23. The Morgan fingerprint density at radius 2 is 2.22 bits per heavy atom. The standard InChI is InChI=1S/C13H18BrFN2S/c14-10-2-3-12(15)11(8-10)13(9-16)17-4-1-6-18-7-5-17/h2-3,8,13H,1,4-7,9,16H2. The first-order valence-electron chi connectivity index (χ1n) is 6.19. The molecule has 1 aromatic carbocycles. The average molecular weight is 333 g/mol. The Hall–Kier alpha value is -0.100. The second-order valence-electron chi connectivity index (χ2n) is 4.42. The normalized spacial score (nSPS) is 19.5. The minimum absolute atomic E-state index is 0.0128. The summed E-state index contributed by atoms with van der Waals surface area (Å²) in [5.74, 6) is 2.13. The summed E-state index contributed by atoms with van der Waals surface area (Å²) in [7, 11) is 0. The zero-order valence-electron chi connectivity index (χ0n) is 10.2. The SMILES string of the molecule is NCC(c1cc(Br)ccc1F)N1CCCSCC1. The minimum Gasteiger partial charge on any atom is -0.329 e. The largest absolute Gasteiger partial charge is 0.329 e. The van der Waals surface area contributed by atoms with Crippen molar-refractivity contribution in [2.75, 3.05) is 31.1 Å². The van der Waals surface area contributed by atoms with Gasteiger partial charge in [0.25, 0.3) is 0 Å². The number of nitrogens with zero attached hydrogens (tertiary/aromatic N) is 1. The van der Waals surface area contributed by atoms with E-state index in [0.29, 0.717) is 12.1 Å². The molecule has 0 spiro atoms. The molecule has 2 N–H and O–H groups in total. The molecule has 1 unspecified atom stereocenters. The van der Waals surface area contributed by atoms with Gasteiger partial charge in [0.2, 0.25) is 0 Å². The zero-order valence-corrected chi connectivity index (χ0v) is 12.6. The van der Waals surface area contributed by atoms with Crippen LogP contribution in [0, 0.1) is 5.82 Å². The summed E-state index contributed by atoms with van der Waals surface area (Å²) in [6.07, 6.45) is 1.15. The van der Waals surface area contributed by atoms with Crippen molar-refractivity contribution in [3.63, 3.8) is 0 Å². The lowest BCUT2D eigenvalue weighted by Gasteiger charge is -2.30. The number of rotatable bonds is 3. The highest BCUT2D eigenvalue weighted by Crippen LogP contribution is 2.27. The van der Waals surface area contributed by atoms with Crippen molar-refractivity contribution in [2.45, 2.75) is 12.5 Å². The van der Waals surface area contributed by atoms with E-state index in [1.165, 1.54) is 11.8 Å². The summed E-state index contributed by atoms with van der Waals surface area (Å²) in [4.78, 5) is 2.31. The molecule has 2 rings (SSSR count). The van der Waals surface area contributed by atoms with Crippen LogP contribution in [0.1, 0.15) is 18.0 Å². The number of hydrogen-bond donors (Lipinski definition) is 1. The number of halogens is 2. The van der Waals surface area contributed by atoms with Crippen LogP contribution < -0.4 is 5.73 Å². The van der Waals surface area contributed by atoms with Crippen molar-refractivity contribution in [3.05, 3.63) is 34.1 Å². The van der Waals surface area contributed by atoms with Crippen molar-refractivity contribution in [1.82, 2.24) is 4.90 Å². The molecule has 0 amide bonds. The van der Waals surface area contributed by atoms with E-state index in [9.17, 15) is 4.39 Å². The summed E-state index contributed by atoms with van der Waals surface area (Å²) in [6.45, 7) is 2.44. The smallest absolute Gasteiger partial charge is 0.128 e. The Morgan fingerprint density at radius 1 is 1.39 bits per heavy atom. The molecule has 18 heavy (non-hydrogen) atoms. The molecule has 1 fully saturated rings. The van der Waals surface area contributed by atoms with Crippen LogP contribution >= 0.6 is 27.7 Å². The van der Waals surface area contributed by atoms with Crippen LogP contribution in [0.25, 0.3) is 0 Å². The lowest BCUT2D eigenvalue weighted by Crippen LogP contribution is -2.35. The van der Waals surface area contributed by atoms with Crippen LogP contribution in [-0.2, 0) is 0 Å². The van der Waals surface area contributed by atoms with Gasteiger partial charge in [-0.1, -0.05) is 15.9 Å². The second-order valence-corrected chi connectivity index (χ2v) is 6.56. The maximum absolute atomic E-state index is 14.0. The van der Waals surface area contributed by atoms with E-state index < -0.39 is 0 Å². The molecule has 0 radical (unpaired) electrons. The van der Waals surface area contributed by atoms with Crippen LogP contribution in [-0.4, -0.2) is 36.0 Å². The molecule has 0 aliphatic carbocycles. The first kappa shape index (κ1) is 14.3. The fourth-order valence-electron chi connectivity index (χ4n) is 2.32. The van der Waals surface area contributed by atoms with Crippen LogP contribution in [0.15, 0.2) is 22.7 Å². The van der Waals surface area contributed by atoms with Gasteiger partial charge in [0.05, 0.1) is 0 Å². The van der Waals surface area contributed by atoms with Crippen LogP contribution in [0.3, 0.4) is 0 Å². The van der Waals surface area contributed by atoms with E-state index in [-0.39, 0.29) is 11.9 Å². The van der Waals surface area contributed by atoms with Crippen molar-refractivity contribution in [3.8, 4) is 0 Å². The second kappa shape index (κ2) is 6.89. The first-order chi connectivity index (χ1) is 8.72. The topological polar surface area (TPSA) is 29.3 Å². The predicted octanol–water partition coefficient (Wildman–Crippen LogP) is 3.03. The fourth-order valence-corrected chi connectivity index (χ4v) is 3.60. The molecule has 5 heteroatoms. The molecule has 1 saturated heterocycles. The van der Waals surface area contributed by atoms with Crippen molar-refractivity contribution < 1.29 is 4.39 Å². The van der Waals surface area contributed by atoms with Gasteiger partial charge >= 0.3 is 0 Å². The Morgan fingerprint density at radius 3 is 3.00 bits per heavy atom. The molecule has 1 aliphatic rings. The van der Waals surface area contributed by atoms with Crippen LogP contribution in [0.5, 0.6) is 0 Å². The van der Waals surface area contributed by atoms with E-state index in [0.717, 1.165) is 29.7 Å². The summed E-state index contributed by atoms with van der Waals surface area (Å²) in [5, 5.41) is 0. The van der Waals surface area contributed by atoms with Gasteiger partial charge in [-0.15, -0.1) is 0 Å². The van der Waals surface area contributed by atoms with E-state index in [2.05, 4.69) is 20.8 Å². The Labute approximate surface area is 120 Å². The van der Waals surface area contributed by atoms with Gasteiger partial charge in [0.15, 0.2) is 0 Å². The van der Waals surface area contributed by atoms with Crippen LogP contribution in [0.4, 0.5) is 4.39 Å². The van der Waals surface area contributed by atoms with Gasteiger partial charge in [-0.25, -0.2) is 4.39 Å². The molecule has 1 aromatic rings. The average Bonchev–Trinajstić information content (AvgIpc) is 2.64. The molecule has 2 nitrogen and oxygen atoms in total. The fraction of sp³-hybridized carbons (Fsp3) is 0.538. The van der Waals surface area contributed by atoms with Gasteiger partial charge in [0, 0.05) is 34.9 Å². The van der Waals surface area contributed by atoms with Gasteiger partial charge in [-0.05, 0) is 36.9 Å². The molecular formula is C13H18BrFN2S. The first-order valence-corrected chi connectivity index (χ1v) is 8.14. The van der Waals surface area contributed by atoms with E-state index >= 15 is 0 Å². The number of thioether (sulfide) groups is 1. The quantitative estimate of drug-likeness (QED) is 0.922. The van der Waals surface area contributed by atoms with Crippen molar-refractivity contribution in [2.24, 2.45) is 5.73 Å². The molecule has 1 heterocycles. The summed E-state index contributed by atoms with van der Waals surface area (Å²) in [6, 6.07) is 5.07. The highest BCUT2D eigenvalue weighted by atomic mass is 79.9. The summed E-state index contributed by atoms with van der Waals surface area (Å²) >= 11 is 5.37. The van der Waals surface area contributed by atoms with E-state index in [1.54, 1.807) is 6.07 Å².